The molecule has 1 aromatic carbocycles. The predicted octanol–water partition coefficient (Wildman–Crippen LogP) is 3.18. The van der Waals surface area contributed by atoms with Crippen LogP contribution in [0.5, 0.6) is 0 Å². The summed E-state index contributed by atoms with van der Waals surface area (Å²) < 4.78 is 16.4. The molecule has 0 spiro atoms. The lowest BCUT2D eigenvalue weighted by Crippen LogP contribution is -2.34. The minimum Gasteiger partial charge on any atom is -0.328 e. The highest BCUT2D eigenvalue weighted by Gasteiger charge is 2.19. The minimum absolute atomic E-state index is 0.233. The third-order valence-electron chi connectivity index (χ3n) is 3.92. The van der Waals surface area contributed by atoms with E-state index in [1.54, 1.807) is 6.07 Å². The maximum absolute atomic E-state index is 13.7. The normalized spacial score (nSPS) is 21.1. The molecular formula is C14H18FN3S. The smallest absolute Gasteiger partial charge is 0.178 e. The molecule has 1 aliphatic heterocycles. The summed E-state index contributed by atoms with van der Waals surface area (Å²) in [6, 6.07) is 5.13. The molecule has 1 aliphatic rings. The highest BCUT2D eigenvalue weighted by Crippen LogP contribution is 2.22. The van der Waals surface area contributed by atoms with E-state index < -0.39 is 0 Å². The van der Waals surface area contributed by atoms with Crippen LogP contribution in [0.15, 0.2) is 18.2 Å². The Morgan fingerprint density at radius 3 is 3.11 bits per heavy atom. The van der Waals surface area contributed by atoms with E-state index in [9.17, 15) is 4.39 Å². The van der Waals surface area contributed by atoms with E-state index >= 15 is 0 Å². The minimum atomic E-state index is -0.233. The van der Waals surface area contributed by atoms with Gasteiger partial charge >= 0.3 is 0 Å². The van der Waals surface area contributed by atoms with Crippen LogP contribution in [0.2, 0.25) is 0 Å². The molecule has 0 saturated carbocycles. The van der Waals surface area contributed by atoms with Crippen molar-refractivity contribution >= 4 is 23.3 Å². The molecule has 2 aromatic rings. The van der Waals surface area contributed by atoms with Crippen LogP contribution < -0.4 is 0 Å². The van der Waals surface area contributed by atoms with Gasteiger partial charge in [-0.1, -0.05) is 6.07 Å². The molecule has 2 heterocycles. The Labute approximate surface area is 117 Å². The summed E-state index contributed by atoms with van der Waals surface area (Å²) >= 11 is 5.34. The molecule has 1 atom stereocenters. The molecule has 3 rings (SSSR count). The highest BCUT2D eigenvalue weighted by molar-refractivity contribution is 7.71. The number of aromatic amines is 1. The van der Waals surface area contributed by atoms with Crippen molar-refractivity contribution in [2.75, 3.05) is 20.1 Å². The molecule has 1 aromatic heterocycles. The van der Waals surface area contributed by atoms with Crippen LogP contribution in [0, 0.1) is 16.5 Å². The Morgan fingerprint density at radius 2 is 2.32 bits per heavy atom. The average Bonchev–Trinajstić information content (AvgIpc) is 2.69. The number of benzene rings is 1. The largest absolute Gasteiger partial charge is 0.328 e. The molecule has 19 heavy (non-hydrogen) atoms. The molecule has 1 fully saturated rings. The zero-order valence-electron chi connectivity index (χ0n) is 11.0. The van der Waals surface area contributed by atoms with Crippen LogP contribution in [0.1, 0.15) is 12.8 Å². The lowest BCUT2D eigenvalue weighted by atomic mass is 9.98. The van der Waals surface area contributed by atoms with Gasteiger partial charge in [0.15, 0.2) is 4.77 Å². The van der Waals surface area contributed by atoms with Crippen molar-refractivity contribution in [3.63, 3.8) is 0 Å². The van der Waals surface area contributed by atoms with Crippen LogP contribution >= 0.6 is 12.2 Å². The number of rotatable bonds is 2. The van der Waals surface area contributed by atoms with Gasteiger partial charge in [0, 0.05) is 13.1 Å². The zero-order chi connectivity index (χ0) is 13.4. The van der Waals surface area contributed by atoms with Gasteiger partial charge in [0.25, 0.3) is 0 Å². The van der Waals surface area contributed by atoms with E-state index in [2.05, 4.69) is 16.9 Å². The third-order valence-corrected chi connectivity index (χ3v) is 4.24. The molecule has 1 saturated heterocycles. The molecule has 1 unspecified atom stereocenters. The number of H-pyrrole nitrogens is 1. The topological polar surface area (TPSA) is 24.0 Å². The number of halogens is 1. The summed E-state index contributed by atoms with van der Waals surface area (Å²) in [6.07, 6.45) is 2.44. The molecule has 0 amide bonds. The maximum atomic E-state index is 13.7. The van der Waals surface area contributed by atoms with Crippen molar-refractivity contribution in [1.29, 1.82) is 0 Å². The summed E-state index contributed by atoms with van der Waals surface area (Å²) in [5.74, 6) is 0.357. The molecule has 102 valence electrons. The number of imidazole rings is 1. The average molecular weight is 279 g/mol. The second-order valence-corrected chi connectivity index (χ2v) is 5.83. The van der Waals surface area contributed by atoms with Crippen LogP contribution in [0.4, 0.5) is 4.39 Å². The van der Waals surface area contributed by atoms with Gasteiger partial charge in [-0.15, -0.1) is 0 Å². The van der Waals surface area contributed by atoms with Gasteiger partial charge in [-0.05, 0) is 56.7 Å². The molecule has 0 radical (unpaired) electrons. The first-order chi connectivity index (χ1) is 9.15. The maximum Gasteiger partial charge on any atom is 0.178 e. The van der Waals surface area contributed by atoms with E-state index in [0.29, 0.717) is 16.2 Å². The fraction of sp³-hybridized carbons (Fsp3) is 0.500. The third kappa shape index (κ3) is 2.44. The van der Waals surface area contributed by atoms with Crippen LogP contribution in [-0.4, -0.2) is 34.6 Å². The van der Waals surface area contributed by atoms with Crippen molar-refractivity contribution in [3.8, 4) is 0 Å². The standard InChI is InChI=1S/C14H18FN3S/c1-17-7-3-4-10(8-17)9-18-12-6-2-5-11(15)13(12)16-14(18)19/h2,5-6,10H,3-4,7-9H2,1H3,(H,16,19). The highest BCUT2D eigenvalue weighted by atomic mass is 32.1. The Hall–Kier alpha value is -1.20. The molecule has 0 bridgehead atoms. The number of likely N-dealkylation sites (tertiary alicyclic amines) is 1. The summed E-state index contributed by atoms with van der Waals surface area (Å²) in [6.45, 7) is 3.13. The molecule has 3 nitrogen and oxygen atoms in total. The summed E-state index contributed by atoms with van der Waals surface area (Å²) in [4.78, 5) is 5.34. The Bertz CT molecular complexity index is 646. The Kier molecular flexibility index (Phi) is 3.41. The number of para-hydroxylation sites is 1. The first-order valence-corrected chi connectivity index (χ1v) is 7.11. The number of hydrogen-bond donors (Lipinski definition) is 1. The Balaban J connectivity index is 1.94. The van der Waals surface area contributed by atoms with Crippen LogP contribution in [0.25, 0.3) is 11.0 Å². The van der Waals surface area contributed by atoms with Gasteiger partial charge in [0.1, 0.15) is 11.3 Å². The summed E-state index contributed by atoms with van der Waals surface area (Å²) in [5.41, 5.74) is 1.40. The summed E-state index contributed by atoms with van der Waals surface area (Å²) in [5, 5.41) is 0. The molecule has 5 heteroatoms. The number of piperidine rings is 1. The SMILES string of the molecule is CN1CCCC(Cn2c(=S)[nH]c3c(F)cccc32)C1. The van der Waals surface area contributed by atoms with Gasteiger partial charge in [-0.25, -0.2) is 4.39 Å². The monoisotopic (exact) mass is 279 g/mol. The van der Waals surface area contributed by atoms with Gasteiger partial charge < -0.3 is 14.5 Å². The van der Waals surface area contributed by atoms with Gasteiger partial charge in [0.05, 0.1) is 5.52 Å². The number of aromatic nitrogens is 2. The van der Waals surface area contributed by atoms with E-state index in [4.69, 9.17) is 12.2 Å². The lowest BCUT2D eigenvalue weighted by Gasteiger charge is -2.29. The number of fused-ring (bicyclic) bond motifs is 1. The number of hydrogen-bond acceptors (Lipinski definition) is 2. The van der Waals surface area contributed by atoms with Crippen molar-refractivity contribution in [1.82, 2.24) is 14.5 Å². The van der Waals surface area contributed by atoms with Crippen LogP contribution in [0.3, 0.4) is 0 Å². The van der Waals surface area contributed by atoms with E-state index in [1.165, 1.54) is 25.5 Å². The first kappa shape index (κ1) is 12.8. The quantitative estimate of drug-likeness (QED) is 0.854. The molecule has 1 N–H and O–H groups in total. The number of nitrogens with one attached hydrogen (secondary N) is 1. The predicted molar refractivity (Wildman–Crippen MR) is 77.3 cm³/mol. The van der Waals surface area contributed by atoms with Crippen LogP contribution in [-0.2, 0) is 6.54 Å². The van der Waals surface area contributed by atoms with Gasteiger partial charge in [0.2, 0.25) is 0 Å². The van der Waals surface area contributed by atoms with Crippen molar-refractivity contribution < 1.29 is 4.39 Å². The molecule has 0 aliphatic carbocycles. The fourth-order valence-electron chi connectivity index (χ4n) is 3.01. The molecular weight excluding hydrogens is 261 g/mol. The zero-order valence-corrected chi connectivity index (χ0v) is 11.8. The van der Waals surface area contributed by atoms with Crippen molar-refractivity contribution in [2.24, 2.45) is 5.92 Å². The van der Waals surface area contributed by atoms with E-state index in [1.807, 2.05) is 10.6 Å². The van der Waals surface area contributed by atoms with Crippen molar-refractivity contribution in [3.05, 3.63) is 28.8 Å². The fourth-order valence-corrected chi connectivity index (χ4v) is 3.28. The van der Waals surface area contributed by atoms with Gasteiger partial charge in [-0.2, -0.15) is 0 Å². The van der Waals surface area contributed by atoms with Gasteiger partial charge in [-0.3, -0.25) is 0 Å². The number of nitrogens with zero attached hydrogens (tertiary/aromatic N) is 2. The first-order valence-electron chi connectivity index (χ1n) is 6.70. The second kappa shape index (κ2) is 5.06. The van der Waals surface area contributed by atoms with E-state index in [0.717, 1.165) is 18.6 Å². The lowest BCUT2D eigenvalue weighted by molar-refractivity contribution is 0.195. The second-order valence-electron chi connectivity index (χ2n) is 5.45. The summed E-state index contributed by atoms with van der Waals surface area (Å²) in [7, 11) is 2.15. The van der Waals surface area contributed by atoms with Crippen molar-refractivity contribution in [2.45, 2.75) is 19.4 Å². The van der Waals surface area contributed by atoms with E-state index in [-0.39, 0.29) is 5.82 Å². The Morgan fingerprint density at radius 1 is 1.47 bits per heavy atom.